The predicted octanol–water partition coefficient (Wildman–Crippen LogP) is 2.68. The van der Waals surface area contributed by atoms with Gasteiger partial charge in [-0.05, 0) is 25.0 Å². The number of carbonyl (C=O) groups is 1. The van der Waals surface area contributed by atoms with E-state index in [9.17, 15) is 9.59 Å². The molecule has 1 fully saturated rings. The lowest BCUT2D eigenvalue weighted by atomic mass is 10.1. The van der Waals surface area contributed by atoms with Gasteiger partial charge in [0, 0.05) is 18.5 Å². The summed E-state index contributed by atoms with van der Waals surface area (Å²) < 4.78 is 5.17. The monoisotopic (exact) mass is 277 g/mol. The minimum atomic E-state index is -0.627. The van der Waals surface area contributed by atoms with Crippen LogP contribution in [0.2, 0.25) is 5.02 Å². The average Bonchev–Trinajstić information content (AvgIpc) is 2.92. The Labute approximate surface area is 114 Å². The molecule has 1 amide bonds. The van der Waals surface area contributed by atoms with E-state index in [4.69, 9.17) is 16.0 Å². The minimum absolute atomic E-state index is 0.0802. The standard InChI is InChI=1S/C14H12ClNO3/c15-11-5-3-4-9-8-10(14(18)19-12(9)11)13(17)16-6-1-2-7-16/h3-5,8H,1-2,6-7H2. The molecule has 0 atom stereocenters. The zero-order valence-electron chi connectivity index (χ0n) is 10.2. The van der Waals surface area contributed by atoms with Crippen molar-refractivity contribution < 1.29 is 9.21 Å². The first-order valence-corrected chi connectivity index (χ1v) is 6.56. The fourth-order valence-corrected chi connectivity index (χ4v) is 2.57. The smallest absolute Gasteiger partial charge is 0.349 e. The quantitative estimate of drug-likeness (QED) is 0.753. The van der Waals surface area contributed by atoms with Crippen LogP contribution >= 0.6 is 11.6 Å². The second kappa shape index (κ2) is 4.70. The van der Waals surface area contributed by atoms with Gasteiger partial charge in [-0.3, -0.25) is 4.79 Å². The van der Waals surface area contributed by atoms with Gasteiger partial charge in [0.25, 0.3) is 5.91 Å². The van der Waals surface area contributed by atoms with E-state index in [-0.39, 0.29) is 11.5 Å². The minimum Gasteiger partial charge on any atom is -0.421 e. The SMILES string of the molecule is O=C(c1cc2cccc(Cl)c2oc1=O)N1CCCC1. The zero-order chi connectivity index (χ0) is 13.4. The van der Waals surface area contributed by atoms with Crippen molar-refractivity contribution in [1.29, 1.82) is 0 Å². The molecular weight excluding hydrogens is 266 g/mol. The highest BCUT2D eigenvalue weighted by molar-refractivity contribution is 6.34. The number of amides is 1. The van der Waals surface area contributed by atoms with E-state index in [2.05, 4.69) is 0 Å². The van der Waals surface area contributed by atoms with Crippen LogP contribution in [0.4, 0.5) is 0 Å². The highest BCUT2D eigenvalue weighted by Gasteiger charge is 2.23. The van der Waals surface area contributed by atoms with E-state index in [1.54, 1.807) is 29.2 Å². The van der Waals surface area contributed by atoms with Gasteiger partial charge in [-0.1, -0.05) is 23.7 Å². The molecule has 1 aromatic carbocycles. The van der Waals surface area contributed by atoms with Crippen molar-refractivity contribution in [2.24, 2.45) is 0 Å². The third-order valence-corrected chi connectivity index (χ3v) is 3.63. The number of likely N-dealkylation sites (tertiary alicyclic amines) is 1. The molecule has 4 nitrogen and oxygen atoms in total. The first kappa shape index (κ1) is 12.2. The number of hydrogen-bond donors (Lipinski definition) is 0. The molecule has 0 radical (unpaired) electrons. The predicted molar refractivity (Wildman–Crippen MR) is 72.6 cm³/mol. The van der Waals surface area contributed by atoms with E-state index in [1.165, 1.54) is 0 Å². The summed E-state index contributed by atoms with van der Waals surface area (Å²) in [5.41, 5.74) is -0.221. The summed E-state index contributed by atoms with van der Waals surface area (Å²) in [7, 11) is 0. The summed E-state index contributed by atoms with van der Waals surface area (Å²) in [4.78, 5) is 25.8. The molecule has 5 heteroatoms. The van der Waals surface area contributed by atoms with E-state index < -0.39 is 5.63 Å². The number of para-hydroxylation sites is 1. The molecule has 3 rings (SSSR count). The molecule has 0 bridgehead atoms. The van der Waals surface area contributed by atoms with Crippen LogP contribution in [0.15, 0.2) is 33.5 Å². The van der Waals surface area contributed by atoms with Crippen LogP contribution in [0, 0.1) is 0 Å². The van der Waals surface area contributed by atoms with E-state index in [0.717, 1.165) is 12.8 Å². The Bertz CT molecular complexity index is 701. The van der Waals surface area contributed by atoms with Crippen LogP contribution < -0.4 is 5.63 Å². The Morgan fingerprint density at radius 1 is 1.26 bits per heavy atom. The topological polar surface area (TPSA) is 50.5 Å². The average molecular weight is 278 g/mol. The molecule has 2 aromatic rings. The Morgan fingerprint density at radius 2 is 2.00 bits per heavy atom. The number of carbonyl (C=O) groups excluding carboxylic acids is 1. The van der Waals surface area contributed by atoms with Crippen LogP contribution in [0.1, 0.15) is 23.2 Å². The maximum Gasteiger partial charge on any atom is 0.349 e. The van der Waals surface area contributed by atoms with Crippen molar-refractivity contribution >= 4 is 28.5 Å². The molecule has 2 heterocycles. The maximum atomic E-state index is 12.2. The number of fused-ring (bicyclic) bond motifs is 1. The fourth-order valence-electron chi connectivity index (χ4n) is 2.35. The highest BCUT2D eigenvalue weighted by atomic mass is 35.5. The molecule has 0 N–H and O–H groups in total. The van der Waals surface area contributed by atoms with Crippen LogP contribution in [0.25, 0.3) is 11.0 Å². The first-order chi connectivity index (χ1) is 9.16. The van der Waals surface area contributed by atoms with E-state index >= 15 is 0 Å². The second-order valence-corrected chi connectivity index (χ2v) is 5.01. The van der Waals surface area contributed by atoms with E-state index in [0.29, 0.717) is 29.1 Å². The molecule has 0 spiro atoms. The van der Waals surface area contributed by atoms with Gasteiger partial charge in [0.2, 0.25) is 0 Å². The van der Waals surface area contributed by atoms with Crippen molar-refractivity contribution in [1.82, 2.24) is 4.90 Å². The van der Waals surface area contributed by atoms with Gasteiger partial charge in [0.15, 0.2) is 5.58 Å². The second-order valence-electron chi connectivity index (χ2n) is 4.61. The lowest BCUT2D eigenvalue weighted by molar-refractivity contribution is 0.0789. The third-order valence-electron chi connectivity index (χ3n) is 3.34. The number of halogens is 1. The molecule has 98 valence electrons. The first-order valence-electron chi connectivity index (χ1n) is 6.18. The third kappa shape index (κ3) is 2.12. The lowest BCUT2D eigenvalue weighted by Crippen LogP contribution is -2.31. The molecule has 0 saturated carbocycles. The summed E-state index contributed by atoms with van der Waals surface area (Å²) in [6, 6.07) is 6.74. The molecular formula is C14H12ClNO3. The molecule has 0 unspecified atom stereocenters. The summed E-state index contributed by atoms with van der Waals surface area (Å²) >= 11 is 5.96. The Balaban J connectivity index is 2.11. The Hall–Kier alpha value is -1.81. The molecule has 1 saturated heterocycles. The van der Waals surface area contributed by atoms with Crippen LogP contribution in [-0.4, -0.2) is 23.9 Å². The fraction of sp³-hybridized carbons (Fsp3) is 0.286. The van der Waals surface area contributed by atoms with Gasteiger partial charge in [-0.25, -0.2) is 4.79 Å². The largest absolute Gasteiger partial charge is 0.421 e. The zero-order valence-corrected chi connectivity index (χ0v) is 10.9. The van der Waals surface area contributed by atoms with Crippen molar-refractivity contribution in [3.05, 3.63) is 45.3 Å². The van der Waals surface area contributed by atoms with E-state index in [1.807, 2.05) is 0 Å². The lowest BCUT2D eigenvalue weighted by Gasteiger charge is -2.14. The van der Waals surface area contributed by atoms with Crippen LogP contribution in [0.3, 0.4) is 0 Å². The number of hydrogen-bond acceptors (Lipinski definition) is 3. The van der Waals surface area contributed by atoms with Gasteiger partial charge in [-0.2, -0.15) is 0 Å². The van der Waals surface area contributed by atoms with Gasteiger partial charge < -0.3 is 9.32 Å². The van der Waals surface area contributed by atoms with Crippen molar-refractivity contribution in [2.75, 3.05) is 13.1 Å². The van der Waals surface area contributed by atoms with Gasteiger partial charge in [-0.15, -0.1) is 0 Å². The van der Waals surface area contributed by atoms with Gasteiger partial charge in [0.1, 0.15) is 5.56 Å². The van der Waals surface area contributed by atoms with Gasteiger partial charge in [0.05, 0.1) is 5.02 Å². The van der Waals surface area contributed by atoms with Crippen molar-refractivity contribution in [3.8, 4) is 0 Å². The van der Waals surface area contributed by atoms with Crippen LogP contribution in [-0.2, 0) is 0 Å². The summed E-state index contributed by atoms with van der Waals surface area (Å²) in [5, 5.41) is 1.03. The number of nitrogens with zero attached hydrogens (tertiary/aromatic N) is 1. The molecule has 0 aliphatic carbocycles. The molecule has 19 heavy (non-hydrogen) atoms. The molecule has 1 aliphatic heterocycles. The normalized spacial score (nSPS) is 15.1. The number of rotatable bonds is 1. The van der Waals surface area contributed by atoms with Gasteiger partial charge >= 0.3 is 5.63 Å². The van der Waals surface area contributed by atoms with Crippen LogP contribution in [0.5, 0.6) is 0 Å². The summed E-state index contributed by atoms with van der Waals surface area (Å²) in [5.74, 6) is -0.256. The molecule has 1 aromatic heterocycles. The highest BCUT2D eigenvalue weighted by Crippen LogP contribution is 2.23. The number of benzene rings is 1. The maximum absolute atomic E-state index is 12.2. The summed E-state index contributed by atoms with van der Waals surface area (Å²) in [6.07, 6.45) is 1.97. The Morgan fingerprint density at radius 3 is 2.74 bits per heavy atom. The summed E-state index contributed by atoms with van der Waals surface area (Å²) in [6.45, 7) is 1.40. The van der Waals surface area contributed by atoms with Crippen molar-refractivity contribution in [2.45, 2.75) is 12.8 Å². The Kier molecular flexibility index (Phi) is 3.03. The molecule has 1 aliphatic rings. The van der Waals surface area contributed by atoms with Crippen molar-refractivity contribution in [3.63, 3.8) is 0 Å².